The lowest BCUT2D eigenvalue weighted by molar-refractivity contribution is -0.549. The third-order valence-corrected chi connectivity index (χ3v) is 3.44. The SMILES string of the molecule is CC(C)([O-])OC1C[C@H](NC(=O)OCc2ccccc2)C[C@@H]1O. The normalized spacial score (nSPS) is 25.0. The van der Waals surface area contributed by atoms with Gasteiger partial charge in [0.1, 0.15) is 6.61 Å². The highest BCUT2D eigenvalue weighted by atomic mass is 16.6. The average Bonchev–Trinajstić information content (AvgIpc) is 2.75. The first kappa shape index (κ1) is 16.7. The van der Waals surface area contributed by atoms with Gasteiger partial charge in [-0.05, 0) is 24.2 Å². The molecule has 0 aromatic heterocycles. The van der Waals surface area contributed by atoms with Crippen molar-refractivity contribution in [1.82, 2.24) is 5.32 Å². The summed E-state index contributed by atoms with van der Waals surface area (Å²) in [5.74, 6) is -1.56. The van der Waals surface area contributed by atoms with Crippen molar-refractivity contribution >= 4 is 6.09 Å². The second-order valence-electron chi connectivity index (χ2n) is 6.00. The van der Waals surface area contributed by atoms with E-state index in [1.807, 2.05) is 30.3 Å². The van der Waals surface area contributed by atoms with E-state index in [9.17, 15) is 15.0 Å². The molecular weight excluding hydrogens is 286 g/mol. The monoisotopic (exact) mass is 308 g/mol. The number of carbonyl (C=O) groups is 1. The zero-order valence-corrected chi connectivity index (χ0v) is 12.8. The van der Waals surface area contributed by atoms with Gasteiger partial charge in [0, 0.05) is 6.04 Å². The van der Waals surface area contributed by atoms with E-state index in [0.29, 0.717) is 12.8 Å². The highest BCUT2D eigenvalue weighted by molar-refractivity contribution is 5.67. The first-order valence-electron chi connectivity index (χ1n) is 7.37. The van der Waals surface area contributed by atoms with Gasteiger partial charge in [0.25, 0.3) is 0 Å². The number of hydrogen-bond acceptors (Lipinski definition) is 5. The summed E-state index contributed by atoms with van der Waals surface area (Å²) in [5, 5.41) is 24.1. The highest BCUT2D eigenvalue weighted by Crippen LogP contribution is 2.25. The minimum absolute atomic E-state index is 0.190. The third kappa shape index (κ3) is 5.29. The summed E-state index contributed by atoms with van der Waals surface area (Å²) in [6, 6.07) is 9.11. The molecule has 2 N–H and O–H groups in total. The fourth-order valence-electron chi connectivity index (χ4n) is 2.52. The molecule has 1 aliphatic rings. The maximum atomic E-state index is 11.8. The van der Waals surface area contributed by atoms with Crippen LogP contribution in [0, 0.1) is 0 Å². The molecule has 2 rings (SSSR count). The van der Waals surface area contributed by atoms with Gasteiger partial charge in [0.05, 0.1) is 12.2 Å². The van der Waals surface area contributed by atoms with E-state index in [-0.39, 0.29) is 12.6 Å². The van der Waals surface area contributed by atoms with E-state index in [1.165, 1.54) is 13.8 Å². The molecule has 122 valence electrons. The van der Waals surface area contributed by atoms with E-state index in [1.54, 1.807) is 0 Å². The summed E-state index contributed by atoms with van der Waals surface area (Å²) >= 11 is 0. The van der Waals surface area contributed by atoms with Gasteiger partial charge in [-0.2, -0.15) is 0 Å². The standard InChI is InChI=1S/C16H22NO5/c1-16(2,20)22-14-9-12(8-13(14)18)17-15(19)21-10-11-6-4-3-5-7-11/h3-7,12-14,18H,8-10H2,1-2H3,(H,17,19)/q-1/t12-,13+,14?/m1/s1. The van der Waals surface area contributed by atoms with Crippen molar-refractivity contribution in [2.24, 2.45) is 0 Å². The van der Waals surface area contributed by atoms with Crippen molar-refractivity contribution in [2.75, 3.05) is 0 Å². The molecular formula is C16H22NO5-. The molecule has 0 radical (unpaired) electrons. The third-order valence-electron chi connectivity index (χ3n) is 3.44. The van der Waals surface area contributed by atoms with Gasteiger partial charge in [-0.1, -0.05) is 44.2 Å². The molecule has 1 amide bonds. The molecule has 0 heterocycles. The molecule has 0 bridgehead atoms. The Kier molecular flexibility index (Phi) is 5.39. The van der Waals surface area contributed by atoms with E-state index < -0.39 is 24.1 Å². The van der Waals surface area contributed by atoms with Crippen LogP contribution in [0.3, 0.4) is 0 Å². The van der Waals surface area contributed by atoms with Gasteiger partial charge in [0.2, 0.25) is 0 Å². The van der Waals surface area contributed by atoms with Gasteiger partial charge in [-0.3, -0.25) is 0 Å². The van der Waals surface area contributed by atoms with Crippen molar-refractivity contribution in [2.45, 2.75) is 57.3 Å². The molecule has 6 heteroatoms. The Morgan fingerprint density at radius 2 is 2.05 bits per heavy atom. The Bertz CT molecular complexity index is 485. The minimum atomic E-state index is -1.56. The molecule has 1 unspecified atom stereocenters. The van der Waals surface area contributed by atoms with Crippen molar-refractivity contribution < 1.29 is 24.5 Å². The van der Waals surface area contributed by atoms with Gasteiger partial charge in [0.15, 0.2) is 0 Å². The van der Waals surface area contributed by atoms with Crippen LogP contribution >= 0.6 is 0 Å². The Hall–Kier alpha value is -1.63. The quantitative estimate of drug-likeness (QED) is 0.789. The Balaban J connectivity index is 1.76. The molecule has 0 spiro atoms. The second kappa shape index (κ2) is 7.09. The van der Waals surface area contributed by atoms with Gasteiger partial charge in [-0.15, -0.1) is 0 Å². The van der Waals surface area contributed by atoms with Crippen LogP contribution in [0.5, 0.6) is 0 Å². The fraction of sp³-hybridized carbons (Fsp3) is 0.562. The maximum absolute atomic E-state index is 11.8. The molecule has 1 aromatic rings. The predicted molar refractivity (Wildman–Crippen MR) is 77.7 cm³/mol. The van der Waals surface area contributed by atoms with Crippen LogP contribution < -0.4 is 10.4 Å². The zero-order chi connectivity index (χ0) is 16.2. The summed E-state index contributed by atoms with van der Waals surface area (Å²) < 4.78 is 10.4. The molecule has 0 aliphatic heterocycles. The van der Waals surface area contributed by atoms with E-state index >= 15 is 0 Å². The average molecular weight is 308 g/mol. The molecule has 22 heavy (non-hydrogen) atoms. The summed E-state index contributed by atoms with van der Waals surface area (Å²) in [7, 11) is 0. The maximum Gasteiger partial charge on any atom is 0.407 e. The number of alkyl carbamates (subject to hydrolysis) is 1. The summed E-state index contributed by atoms with van der Waals surface area (Å²) in [6.45, 7) is 2.98. The van der Waals surface area contributed by atoms with Crippen LogP contribution in [0.2, 0.25) is 0 Å². The van der Waals surface area contributed by atoms with Crippen molar-refractivity contribution in [3.8, 4) is 0 Å². The van der Waals surface area contributed by atoms with E-state index in [4.69, 9.17) is 9.47 Å². The number of aliphatic hydroxyl groups is 1. The lowest BCUT2D eigenvalue weighted by Gasteiger charge is -2.36. The van der Waals surface area contributed by atoms with Gasteiger partial charge >= 0.3 is 6.09 Å². The topological polar surface area (TPSA) is 90.9 Å². The Morgan fingerprint density at radius 3 is 2.68 bits per heavy atom. The van der Waals surface area contributed by atoms with Crippen molar-refractivity contribution in [3.05, 3.63) is 35.9 Å². The number of nitrogens with one attached hydrogen (secondary N) is 1. The molecule has 3 atom stereocenters. The summed E-state index contributed by atoms with van der Waals surface area (Å²) in [6.07, 6.45) is -1.11. The lowest BCUT2D eigenvalue weighted by Crippen LogP contribution is -2.45. The largest absolute Gasteiger partial charge is 0.829 e. The molecule has 1 aliphatic carbocycles. The number of hydrogen-bond donors (Lipinski definition) is 2. The van der Waals surface area contributed by atoms with Crippen LogP contribution in [-0.2, 0) is 16.1 Å². The number of benzene rings is 1. The van der Waals surface area contributed by atoms with Crippen molar-refractivity contribution in [1.29, 1.82) is 0 Å². The van der Waals surface area contributed by atoms with E-state index in [2.05, 4.69) is 5.32 Å². The highest BCUT2D eigenvalue weighted by Gasteiger charge is 2.35. The van der Waals surface area contributed by atoms with Crippen LogP contribution in [0.1, 0.15) is 32.3 Å². The number of amides is 1. The van der Waals surface area contributed by atoms with Crippen LogP contribution in [-0.4, -0.2) is 35.2 Å². The molecule has 0 saturated heterocycles. The first-order valence-corrected chi connectivity index (χ1v) is 7.37. The number of aliphatic hydroxyl groups excluding tert-OH is 1. The lowest BCUT2D eigenvalue weighted by atomic mass is 10.2. The van der Waals surface area contributed by atoms with Gasteiger partial charge in [-0.25, -0.2) is 4.79 Å². The predicted octanol–water partition coefficient (Wildman–Crippen LogP) is 0.918. The fourth-order valence-corrected chi connectivity index (χ4v) is 2.52. The van der Waals surface area contributed by atoms with Crippen LogP contribution in [0.25, 0.3) is 0 Å². The molecule has 1 fully saturated rings. The molecule has 6 nitrogen and oxygen atoms in total. The van der Waals surface area contributed by atoms with Gasteiger partial charge < -0.3 is 25.0 Å². The zero-order valence-electron chi connectivity index (χ0n) is 12.8. The number of ether oxygens (including phenoxy) is 2. The van der Waals surface area contributed by atoms with Crippen LogP contribution in [0.4, 0.5) is 4.79 Å². The first-order chi connectivity index (χ1) is 10.3. The summed E-state index contributed by atoms with van der Waals surface area (Å²) in [5.41, 5.74) is 0.901. The Morgan fingerprint density at radius 1 is 1.36 bits per heavy atom. The Labute approximate surface area is 130 Å². The smallest absolute Gasteiger partial charge is 0.407 e. The molecule has 1 aromatic carbocycles. The minimum Gasteiger partial charge on any atom is -0.829 e. The summed E-state index contributed by atoms with van der Waals surface area (Å²) in [4.78, 5) is 11.8. The number of carbonyl (C=O) groups excluding carboxylic acids is 1. The second-order valence-corrected chi connectivity index (χ2v) is 6.00. The molecule has 1 saturated carbocycles. The van der Waals surface area contributed by atoms with Crippen LogP contribution in [0.15, 0.2) is 30.3 Å². The number of rotatable bonds is 5. The van der Waals surface area contributed by atoms with Crippen molar-refractivity contribution in [3.63, 3.8) is 0 Å². The van der Waals surface area contributed by atoms with E-state index in [0.717, 1.165) is 5.56 Å².